The summed E-state index contributed by atoms with van der Waals surface area (Å²) >= 11 is 6.57. The van der Waals surface area contributed by atoms with Gasteiger partial charge in [0, 0.05) is 16.5 Å². The smallest absolute Gasteiger partial charge is 0.119 e. The second kappa shape index (κ2) is 5.85. The summed E-state index contributed by atoms with van der Waals surface area (Å²) in [6, 6.07) is 15.2. The highest BCUT2D eigenvalue weighted by molar-refractivity contribution is 6.31. The molecule has 0 radical (unpaired) electrons. The molecule has 1 saturated carbocycles. The van der Waals surface area contributed by atoms with Crippen LogP contribution in [0, 0.1) is 0 Å². The summed E-state index contributed by atoms with van der Waals surface area (Å²) in [6.45, 7) is 1.01. The van der Waals surface area contributed by atoms with Gasteiger partial charge >= 0.3 is 0 Å². The van der Waals surface area contributed by atoms with E-state index in [1.807, 2.05) is 12.1 Å². The molecule has 0 bridgehead atoms. The topological polar surface area (TPSA) is 21.3 Å². The van der Waals surface area contributed by atoms with Gasteiger partial charge in [-0.3, -0.25) is 0 Å². The van der Waals surface area contributed by atoms with Crippen molar-refractivity contribution in [2.75, 3.05) is 13.7 Å². The highest BCUT2D eigenvalue weighted by Gasteiger charge is 2.48. The fraction of sp³-hybridized carbons (Fsp3) is 0.400. The molecule has 2 aromatic rings. The third-order valence-electron chi connectivity index (χ3n) is 5.61. The molecule has 120 valence electrons. The second-order valence-corrected chi connectivity index (χ2v) is 7.10. The lowest BCUT2D eigenvalue weighted by molar-refractivity contribution is 0.164. The Kier molecular flexibility index (Phi) is 3.82. The SMILES string of the molecule is COc1ccc2c(c1)CCNC2C1(c2ccccc2Cl)CCC1. The van der Waals surface area contributed by atoms with Gasteiger partial charge in [0.1, 0.15) is 5.75 Å². The zero-order valence-corrected chi connectivity index (χ0v) is 14.2. The molecule has 3 heteroatoms. The van der Waals surface area contributed by atoms with Crippen molar-refractivity contribution in [3.05, 3.63) is 64.2 Å². The highest BCUT2D eigenvalue weighted by Crippen LogP contribution is 2.55. The van der Waals surface area contributed by atoms with Gasteiger partial charge in [0.25, 0.3) is 0 Å². The van der Waals surface area contributed by atoms with E-state index in [1.54, 1.807) is 7.11 Å². The maximum atomic E-state index is 6.57. The molecule has 0 spiro atoms. The van der Waals surface area contributed by atoms with Gasteiger partial charge in [-0.15, -0.1) is 0 Å². The van der Waals surface area contributed by atoms with Crippen LogP contribution in [0.2, 0.25) is 5.02 Å². The van der Waals surface area contributed by atoms with Gasteiger partial charge in [-0.25, -0.2) is 0 Å². The molecule has 0 aromatic heterocycles. The Morgan fingerprint density at radius 3 is 2.70 bits per heavy atom. The minimum Gasteiger partial charge on any atom is -0.497 e. The van der Waals surface area contributed by atoms with Gasteiger partial charge in [0.05, 0.1) is 7.11 Å². The van der Waals surface area contributed by atoms with Gasteiger partial charge in [-0.1, -0.05) is 42.3 Å². The maximum absolute atomic E-state index is 6.57. The van der Waals surface area contributed by atoms with Gasteiger partial charge in [0.2, 0.25) is 0 Å². The summed E-state index contributed by atoms with van der Waals surface area (Å²) in [4.78, 5) is 0. The second-order valence-electron chi connectivity index (χ2n) is 6.69. The Labute approximate surface area is 142 Å². The Hall–Kier alpha value is -1.51. The largest absolute Gasteiger partial charge is 0.497 e. The predicted molar refractivity (Wildman–Crippen MR) is 94.4 cm³/mol. The molecule has 23 heavy (non-hydrogen) atoms. The lowest BCUT2D eigenvalue weighted by Crippen LogP contribution is -2.49. The number of rotatable bonds is 3. The Morgan fingerprint density at radius 2 is 2.00 bits per heavy atom. The quantitative estimate of drug-likeness (QED) is 0.885. The third-order valence-corrected chi connectivity index (χ3v) is 5.94. The number of halogens is 1. The third kappa shape index (κ3) is 2.36. The van der Waals surface area contributed by atoms with Crippen molar-refractivity contribution in [2.45, 2.75) is 37.1 Å². The van der Waals surface area contributed by atoms with Crippen LogP contribution in [0.4, 0.5) is 0 Å². The van der Waals surface area contributed by atoms with E-state index < -0.39 is 0 Å². The lowest BCUT2D eigenvalue weighted by Gasteiger charge is -2.51. The predicted octanol–water partition coefficient (Wildman–Crippen LogP) is 4.66. The first-order valence-corrected chi connectivity index (χ1v) is 8.77. The molecule has 2 aromatic carbocycles. The molecule has 1 N–H and O–H groups in total. The minimum atomic E-state index is 0.127. The molecular formula is C20H22ClNO. The Bertz CT molecular complexity index is 723. The van der Waals surface area contributed by atoms with Crippen LogP contribution in [0.5, 0.6) is 5.75 Å². The summed E-state index contributed by atoms with van der Waals surface area (Å²) < 4.78 is 5.40. The van der Waals surface area contributed by atoms with Crippen molar-refractivity contribution in [2.24, 2.45) is 0 Å². The molecule has 0 amide bonds. The van der Waals surface area contributed by atoms with E-state index in [9.17, 15) is 0 Å². The summed E-state index contributed by atoms with van der Waals surface area (Å²) in [5, 5.41) is 4.68. The fourth-order valence-corrected chi connectivity index (χ4v) is 4.62. The summed E-state index contributed by atoms with van der Waals surface area (Å²) in [7, 11) is 1.73. The summed E-state index contributed by atoms with van der Waals surface area (Å²) in [5.74, 6) is 0.949. The van der Waals surface area contributed by atoms with Gasteiger partial charge in [-0.2, -0.15) is 0 Å². The van der Waals surface area contributed by atoms with Crippen LogP contribution in [-0.4, -0.2) is 13.7 Å². The van der Waals surface area contributed by atoms with Crippen molar-refractivity contribution in [1.29, 1.82) is 0 Å². The molecule has 1 heterocycles. The normalized spacial score (nSPS) is 22.1. The molecule has 2 nitrogen and oxygen atoms in total. The van der Waals surface area contributed by atoms with Gasteiger partial charge in [0.15, 0.2) is 0 Å². The van der Waals surface area contributed by atoms with Crippen molar-refractivity contribution >= 4 is 11.6 Å². The monoisotopic (exact) mass is 327 g/mol. The Morgan fingerprint density at radius 1 is 1.17 bits per heavy atom. The van der Waals surface area contributed by atoms with Crippen LogP contribution in [0.3, 0.4) is 0 Å². The van der Waals surface area contributed by atoms with Crippen LogP contribution in [0.25, 0.3) is 0 Å². The van der Waals surface area contributed by atoms with Crippen LogP contribution in [0.15, 0.2) is 42.5 Å². The first-order valence-electron chi connectivity index (χ1n) is 8.40. The zero-order chi connectivity index (χ0) is 15.9. The molecule has 0 saturated heterocycles. The number of benzene rings is 2. The summed E-state index contributed by atoms with van der Waals surface area (Å²) in [6.07, 6.45) is 4.72. The number of nitrogens with one attached hydrogen (secondary N) is 1. The molecule has 1 fully saturated rings. The van der Waals surface area contributed by atoms with E-state index in [-0.39, 0.29) is 5.41 Å². The lowest BCUT2D eigenvalue weighted by atomic mass is 9.58. The highest BCUT2D eigenvalue weighted by atomic mass is 35.5. The van der Waals surface area contributed by atoms with E-state index in [0.29, 0.717) is 6.04 Å². The average molecular weight is 328 g/mol. The van der Waals surface area contributed by atoms with Crippen LogP contribution >= 0.6 is 11.6 Å². The van der Waals surface area contributed by atoms with Crippen molar-refractivity contribution in [1.82, 2.24) is 5.32 Å². The zero-order valence-electron chi connectivity index (χ0n) is 13.4. The van der Waals surface area contributed by atoms with E-state index in [4.69, 9.17) is 16.3 Å². The van der Waals surface area contributed by atoms with E-state index in [1.165, 1.54) is 36.0 Å². The molecule has 1 unspecified atom stereocenters. The van der Waals surface area contributed by atoms with Crippen molar-refractivity contribution in [3.63, 3.8) is 0 Å². The number of hydrogen-bond donors (Lipinski definition) is 1. The molecule has 1 aliphatic carbocycles. The molecule has 1 atom stereocenters. The standard InChI is InChI=1S/C20H22ClNO/c1-23-15-7-8-16-14(13-15)9-12-22-19(16)20(10-4-11-20)17-5-2-3-6-18(17)21/h2-3,5-8,13,19,22H,4,9-12H2,1H3. The first-order chi connectivity index (χ1) is 11.2. The number of fused-ring (bicyclic) bond motifs is 1. The first kappa shape index (κ1) is 15.0. The average Bonchev–Trinajstić information content (AvgIpc) is 2.55. The molecule has 2 aliphatic rings. The maximum Gasteiger partial charge on any atom is 0.119 e. The van der Waals surface area contributed by atoms with Crippen molar-refractivity contribution < 1.29 is 4.74 Å². The molecular weight excluding hydrogens is 306 g/mol. The van der Waals surface area contributed by atoms with E-state index in [0.717, 1.165) is 23.7 Å². The summed E-state index contributed by atoms with van der Waals surface area (Å²) in [5.41, 5.74) is 4.25. The number of methoxy groups -OCH3 is 1. The van der Waals surface area contributed by atoms with Gasteiger partial charge in [-0.05, 0) is 60.7 Å². The van der Waals surface area contributed by atoms with E-state index >= 15 is 0 Å². The molecule has 1 aliphatic heterocycles. The molecule has 4 rings (SSSR count). The van der Waals surface area contributed by atoms with Crippen LogP contribution in [-0.2, 0) is 11.8 Å². The van der Waals surface area contributed by atoms with Crippen LogP contribution in [0.1, 0.15) is 42.0 Å². The Balaban J connectivity index is 1.80. The number of ether oxygens (including phenoxy) is 1. The minimum absolute atomic E-state index is 0.127. The van der Waals surface area contributed by atoms with E-state index in [2.05, 4.69) is 35.6 Å². The number of hydrogen-bond acceptors (Lipinski definition) is 2. The fourth-order valence-electron chi connectivity index (χ4n) is 4.30. The van der Waals surface area contributed by atoms with Crippen molar-refractivity contribution in [3.8, 4) is 5.75 Å². The van der Waals surface area contributed by atoms with Crippen LogP contribution < -0.4 is 10.1 Å². The van der Waals surface area contributed by atoms with Gasteiger partial charge < -0.3 is 10.1 Å².